The molecule has 1 unspecified atom stereocenters. The van der Waals surface area contributed by atoms with Crippen LogP contribution >= 0.6 is 0 Å². The Morgan fingerprint density at radius 2 is 1.54 bits per heavy atom. The van der Waals surface area contributed by atoms with Crippen molar-refractivity contribution in [1.29, 1.82) is 0 Å². The monoisotopic (exact) mass is 481 g/mol. The highest BCUT2D eigenvalue weighted by Crippen LogP contribution is 2.30. The fraction of sp³-hybridized carbons (Fsp3) is 0.269. The SMILES string of the molecule is COc1cc(C=CC(=O)CC(=O)C=Cc2ccc(OC(=O)N3CCC(O)C3)c(OC)c2)ccc1O. The summed E-state index contributed by atoms with van der Waals surface area (Å²) in [6.45, 7) is 0.642. The van der Waals surface area contributed by atoms with Crippen molar-refractivity contribution < 1.29 is 38.8 Å². The number of ether oxygens (including phenoxy) is 3. The number of rotatable bonds is 9. The van der Waals surface area contributed by atoms with Gasteiger partial charge in [0.15, 0.2) is 34.6 Å². The van der Waals surface area contributed by atoms with Crippen LogP contribution in [0.15, 0.2) is 48.6 Å². The number of methoxy groups -OCH3 is 2. The van der Waals surface area contributed by atoms with Crippen molar-refractivity contribution in [2.75, 3.05) is 27.3 Å². The number of carbonyl (C=O) groups excluding carboxylic acids is 3. The third-order valence-corrected chi connectivity index (χ3v) is 5.28. The van der Waals surface area contributed by atoms with Gasteiger partial charge in [0.2, 0.25) is 0 Å². The highest BCUT2D eigenvalue weighted by molar-refractivity contribution is 6.10. The number of aliphatic hydroxyl groups is 1. The van der Waals surface area contributed by atoms with Crippen molar-refractivity contribution in [3.05, 3.63) is 59.7 Å². The number of aromatic hydroxyl groups is 1. The number of aliphatic hydroxyl groups excluding tert-OH is 1. The summed E-state index contributed by atoms with van der Waals surface area (Å²) < 4.78 is 15.7. The number of nitrogens with zero attached hydrogens (tertiary/aromatic N) is 1. The van der Waals surface area contributed by atoms with Crippen LogP contribution < -0.4 is 14.2 Å². The molecule has 0 aliphatic carbocycles. The van der Waals surface area contributed by atoms with Crippen molar-refractivity contribution >= 4 is 29.8 Å². The number of phenols is 1. The van der Waals surface area contributed by atoms with E-state index in [0.717, 1.165) is 0 Å². The van der Waals surface area contributed by atoms with Crippen molar-refractivity contribution in [3.8, 4) is 23.0 Å². The molecule has 2 aromatic carbocycles. The molecule has 1 fully saturated rings. The largest absolute Gasteiger partial charge is 0.504 e. The standard InChI is InChI=1S/C26H27NO8/c1-33-24-13-17(5-9-22(24)31)3-7-19(28)15-20(29)8-4-18-6-10-23(25(14-18)34-2)35-26(32)27-12-11-21(30)16-27/h3-10,13-14,21,30-31H,11-12,15-16H2,1-2H3. The average Bonchev–Trinajstić information content (AvgIpc) is 3.29. The molecule has 0 saturated carbocycles. The van der Waals surface area contributed by atoms with Crippen molar-refractivity contribution in [2.45, 2.75) is 18.9 Å². The molecule has 9 heteroatoms. The molecule has 2 aromatic rings. The van der Waals surface area contributed by atoms with Crippen LogP contribution in [0.2, 0.25) is 0 Å². The second-order valence-electron chi connectivity index (χ2n) is 7.87. The van der Waals surface area contributed by atoms with Crippen LogP contribution in [0.5, 0.6) is 23.0 Å². The Hall–Kier alpha value is -4.11. The van der Waals surface area contributed by atoms with Crippen LogP contribution in [-0.2, 0) is 9.59 Å². The van der Waals surface area contributed by atoms with Gasteiger partial charge in [-0.05, 0) is 54.0 Å². The minimum absolute atomic E-state index is 0.00875. The first-order valence-electron chi connectivity index (χ1n) is 10.9. The van der Waals surface area contributed by atoms with Crippen LogP contribution in [0.1, 0.15) is 24.0 Å². The third-order valence-electron chi connectivity index (χ3n) is 5.28. The zero-order chi connectivity index (χ0) is 25.4. The predicted molar refractivity (Wildman–Crippen MR) is 129 cm³/mol. The van der Waals surface area contributed by atoms with Crippen LogP contribution in [0, 0.1) is 0 Å². The average molecular weight is 482 g/mol. The molecule has 1 heterocycles. The molecule has 1 aliphatic rings. The van der Waals surface area contributed by atoms with Crippen LogP contribution in [0.25, 0.3) is 12.2 Å². The number of hydrogen-bond donors (Lipinski definition) is 2. The molecule has 9 nitrogen and oxygen atoms in total. The number of likely N-dealkylation sites (tertiary alicyclic amines) is 1. The number of ketones is 2. The fourth-order valence-electron chi connectivity index (χ4n) is 3.40. The molecule has 0 radical (unpaired) electrons. The molecule has 35 heavy (non-hydrogen) atoms. The van der Waals surface area contributed by atoms with Gasteiger partial charge in [-0.25, -0.2) is 4.79 Å². The number of phenolic OH excluding ortho intramolecular Hbond substituents is 1. The molecule has 3 rings (SSSR count). The molecule has 1 amide bonds. The Bertz CT molecular complexity index is 1150. The molecule has 184 valence electrons. The predicted octanol–water partition coefficient (Wildman–Crippen LogP) is 3.23. The van der Waals surface area contributed by atoms with E-state index in [2.05, 4.69) is 0 Å². The van der Waals surface area contributed by atoms with Gasteiger partial charge in [0.25, 0.3) is 0 Å². The number of amides is 1. The summed E-state index contributed by atoms with van der Waals surface area (Å²) in [6, 6.07) is 9.44. The maximum atomic E-state index is 12.2. The Labute approximate surface area is 202 Å². The first-order valence-corrected chi connectivity index (χ1v) is 10.9. The van der Waals surface area contributed by atoms with Gasteiger partial charge in [0, 0.05) is 13.1 Å². The number of allylic oxidation sites excluding steroid dienone is 2. The fourth-order valence-corrected chi connectivity index (χ4v) is 3.40. The van der Waals surface area contributed by atoms with E-state index < -0.39 is 12.2 Å². The Kier molecular flexibility index (Phi) is 8.63. The van der Waals surface area contributed by atoms with Gasteiger partial charge in [-0.1, -0.05) is 24.3 Å². The van der Waals surface area contributed by atoms with E-state index in [4.69, 9.17) is 14.2 Å². The smallest absolute Gasteiger partial charge is 0.415 e. The molecular formula is C26H27NO8. The molecule has 0 spiro atoms. The summed E-state index contributed by atoms with van der Waals surface area (Å²) in [5, 5.41) is 19.2. The molecule has 1 saturated heterocycles. The van der Waals surface area contributed by atoms with E-state index in [9.17, 15) is 24.6 Å². The number of benzene rings is 2. The molecule has 1 aliphatic heterocycles. The van der Waals surface area contributed by atoms with Crippen molar-refractivity contribution in [3.63, 3.8) is 0 Å². The van der Waals surface area contributed by atoms with E-state index in [1.807, 2.05) is 0 Å². The van der Waals surface area contributed by atoms with Crippen molar-refractivity contribution in [1.82, 2.24) is 4.90 Å². The van der Waals surface area contributed by atoms with E-state index in [1.54, 1.807) is 30.3 Å². The van der Waals surface area contributed by atoms with Gasteiger partial charge >= 0.3 is 6.09 Å². The van der Waals surface area contributed by atoms with E-state index in [-0.39, 0.29) is 41.8 Å². The minimum Gasteiger partial charge on any atom is -0.504 e. The van der Waals surface area contributed by atoms with Gasteiger partial charge < -0.3 is 29.3 Å². The summed E-state index contributed by atoms with van der Waals surface area (Å²) >= 11 is 0. The number of carbonyl (C=O) groups is 3. The normalized spacial score (nSPS) is 15.5. The molecule has 0 bridgehead atoms. The highest BCUT2D eigenvalue weighted by atomic mass is 16.6. The van der Waals surface area contributed by atoms with Crippen LogP contribution in [0.4, 0.5) is 4.79 Å². The molecule has 1 atom stereocenters. The molecular weight excluding hydrogens is 454 g/mol. The summed E-state index contributed by atoms with van der Waals surface area (Å²) in [6.07, 6.45) is 4.74. The number of hydrogen-bond acceptors (Lipinski definition) is 8. The van der Waals surface area contributed by atoms with Gasteiger partial charge in [0.1, 0.15) is 0 Å². The van der Waals surface area contributed by atoms with Gasteiger partial charge in [-0.15, -0.1) is 0 Å². The van der Waals surface area contributed by atoms with Gasteiger partial charge in [-0.3, -0.25) is 9.59 Å². The van der Waals surface area contributed by atoms with Gasteiger partial charge in [-0.2, -0.15) is 0 Å². The first kappa shape index (κ1) is 25.5. The van der Waals surface area contributed by atoms with Gasteiger partial charge in [0.05, 0.1) is 26.7 Å². The lowest BCUT2D eigenvalue weighted by molar-refractivity contribution is -0.121. The van der Waals surface area contributed by atoms with E-state index >= 15 is 0 Å². The zero-order valence-electron chi connectivity index (χ0n) is 19.5. The maximum Gasteiger partial charge on any atom is 0.415 e. The summed E-state index contributed by atoms with van der Waals surface area (Å²) in [4.78, 5) is 38.0. The second-order valence-corrected chi connectivity index (χ2v) is 7.87. The second kappa shape index (κ2) is 11.8. The quantitative estimate of drug-likeness (QED) is 0.413. The van der Waals surface area contributed by atoms with E-state index in [1.165, 1.54) is 49.5 Å². The topological polar surface area (TPSA) is 123 Å². The lowest BCUT2D eigenvalue weighted by atomic mass is 10.1. The Morgan fingerprint density at radius 3 is 2.11 bits per heavy atom. The van der Waals surface area contributed by atoms with Crippen molar-refractivity contribution in [2.24, 2.45) is 0 Å². The van der Waals surface area contributed by atoms with E-state index in [0.29, 0.717) is 29.8 Å². The molecule has 0 aromatic heterocycles. The van der Waals surface area contributed by atoms with Crippen LogP contribution in [0.3, 0.4) is 0 Å². The lowest BCUT2D eigenvalue weighted by Crippen LogP contribution is -2.32. The minimum atomic E-state index is -0.573. The number of β-amino-alcohol motifs (C(OH)–C–C–N with tert-alkyl or cyclic N) is 1. The zero-order valence-corrected chi connectivity index (χ0v) is 19.5. The summed E-state index contributed by atoms with van der Waals surface area (Å²) in [7, 11) is 2.86. The molecule has 2 N–H and O–H groups in total. The lowest BCUT2D eigenvalue weighted by Gasteiger charge is -2.16. The summed E-state index contributed by atoms with van der Waals surface area (Å²) in [5.41, 5.74) is 1.26. The Morgan fingerprint density at radius 1 is 0.943 bits per heavy atom. The van der Waals surface area contributed by atoms with Crippen LogP contribution in [-0.4, -0.2) is 66.2 Å². The highest BCUT2D eigenvalue weighted by Gasteiger charge is 2.26. The third kappa shape index (κ3) is 7.18. The summed E-state index contributed by atoms with van der Waals surface area (Å²) in [5.74, 6) is 0.0309. The Balaban J connectivity index is 1.57. The maximum absolute atomic E-state index is 12.2. The first-order chi connectivity index (χ1) is 16.8.